The van der Waals surface area contributed by atoms with Gasteiger partial charge in [0.05, 0.1) is 17.6 Å². The van der Waals surface area contributed by atoms with Gasteiger partial charge in [0.15, 0.2) is 5.82 Å². The number of amides is 2. The minimum atomic E-state index is -1.46. The number of urea groups is 1. The van der Waals surface area contributed by atoms with Gasteiger partial charge in [0.1, 0.15) is 8.07 Å². The standard InChI is InChI=1S/C16H23N3OSi/c1-16(2)12-19(15(20)18(16)3)14-13(8-7-10-17-14)9-11-21(4,5)6/h7-8,10H,12H2,1-6H3. The highest BCUT2D eigenvalue weighted by Gasteiger charge is 2.42. The largest absolute Gasteiger partial charge is 0.326 e. The van der Waals surface area contributed by atoms with Crippen molar-refractivity contribution >= 4 is 19.9 Å². The van der Waals surface area contributed by atoms with E-state index in [1.54, 1.807) is 16.0 Å². The maximum absolute atomic E-state index is 12.4. The summed E-state index contributed by atoms with van der Waals surface area (Å²) >= 11 is 0. The minimum absolute atomic E-state index is 0.0187. The van der Waals surface area contributed by atoms with Crippen molar-refractivity contribution < 1.29 is 4.79 Å². The zero-order chi connectivity index (χ0) is 15.8. The Balaban J connectivity index is 2.42. The predicted octanol–water partition coefficient (Wildman–Crippen LogP) is 2.96. The molecule has 0 spiro atoms. The summed E-state index contributed by atoms with van der Waals surface area (Å²) in [5.74, 6) is 3.90. The molecule has 0 aromatic carbocycles. The van der Waals surface area contributed by atoms with E-state index in [9.17, 15) is 4.79 Å². The van der Waals surface area contributed by atoms with E-state index in [-0.39, 0.29) is 11.6 Å². The van der Waals surface area contributed by atoms with Crippen LogP contribution in [0.5, 0.6) is 0 Å². The quantitative estimate of drug-likeness (QED) is 0.590. The first kappa shape index (κ1) is 15.6. The summed E-state index contributed by atoms with van der Waals surface area (Å²) in [5, 5.41) is 0. The highest BCUT2D eigenvalue weighted by Crippen LogP contribution is 2.29. The molecular weight excluding hydrogens is 278 g/mol. The molecule has 1 aliphatic heterocycles. The van der Waals surface area contributed by atoms with Crippen LogP contribution in [-0.4, -0.2) is 43.1 Å². The molecule has 1 saturated heterocycles. The molecule has 0 radical (unpaired) electrons. The molecule has 0 saturated carbocycles. The molecule has 1 aromatic heterocycles. The number of carbonyl (C=O) groups excluding carboxylic acids is 1. The average Bonchev–Trinajstić information content (AvgIpc) is 2.59. The first-order valence-electron chi connectivity index (χ1n) is 7.15. The number of hydrogen-bond acceptors (Lipinski definition) is 2. The Hall–Kier alpha value is -1.80. The zero-order valence-electron chi connectivity index (χ0n) is 13.7. The van der Waals surface area contributed by atoms with Gasteiger partial charge in [-0.1, -0.05) is 25.6 Å². The van der Waals surface area contributed by atoms with Crippen LogP contribution in [0.4, 0.5) is 10.6 Å². The minimum Gasteiger partial charge on any atom is -0.320 e. The Morgan fingerprint density at radius 1 is 1.33 bits per heavy atom. The van der Waals surface area contributed by atoms with Crippen molar-refractivity contribution in [3.8, 4) is 11.5 Å². The molecule has 2 amide bonds. The number of pyridine rings is 1. The highest BCUT2D eigenvalue weighted by molar-refractivity contribution is 6.83. The van der Waals surface area contributed by atoms with Crippen LogP contribution in [0.1, 0.15) is 19.4 Å². The number of rotatable bonds is 1. The molecule has 1 aromatic rings. The van der Waals surface area contributed by atoms with Crippen molar-refractivity contribution in [2.24, 2.45) is 0 Å². The lowest BCUT2D eigenvalue weighted by molar-refractivity contribution is 0.198. The first-order valence-corrected chi connectivity index (χ1v) is 10.7. The van der Waals surface area contributed by atoms with E-state index < -0.39 is 8.07 Å². The van der Waals surface area contributed by atoms with Crippen LogP contribution in [0.3, 0.4) is 0 Å². The number of nitrogens with zero attached hydrogens (tertiary/aromatic N) is 3. The fraction of sp³-hybridized carbons (Fsp3) is 0.500. The molecule has 0 unspecified atom stereocenters. The van der Waals surface area contributed by atoms with Crippen molar-refractivity contribution in [2.45, 2.75) is 39.0 Å². The first-order chi connectivity index (χ1) is 9.62. The van der Waals surface area contributed by atoms with Crippen LogP contribution in [0.15, 0.2) is 18.3 Å². The number of carbonyl (C=O) groups is 1. The Morgan fingerprint density at radius 2 is 2.00 bits per heavy atom. The van der Waals surface area contributed by atoms with Crippen molar-refractivity contribution in [3.63, 3.8) is 0 Å². The van der Waals surface area contributed by atoms with Gasteiger partial charge in [0.25, 0.3) is 0 Å². The molecule has 112 valence electrons. The van der Waals surface area contributed by atoms with E-state index in [1.165, 1.54) is 0 Å². The van der Waals surface area contributed by atoms with E-state index in [4.69, 9.17) is 0 Å². The van der Waals surface area contributed by atoms with Crippen molar-refractivity contribution in [1.82, 2.24) is 9.88 Å². The predicted molar refractivity (Wildman–Crippen MR) is 89.0 cm³/mol. The number of hydrogen-bond donors (Lipinski definition) is 0. The lowest BCUT2D eigenvalue weighted by Crippen LogP contribution is -2.38. The molecule has 0 aliphatic carbocycles. The van der Waals surface area contributed by atoms with E-state index in [0.717, 1.165) is 5.56 Å². The fourth-order valence-electron chi connectivity index (χ4n) is 2.13. The second-order valence-corrected chi connectivity index (χ2v) is 11.9. The van der Waals surface area contributed by atoms with Gasteiger partial charge in [-0.05, 0) is 26.0 Å². The van der Waals surface area contributed by atoms with Gasteiger partial charge in [-0.3, -0.25) is 4.90 Å². The van der Waals surface area contributed by atoms with Crippen molar-refractivity contribution in [1.29, 1.82) is 0 Å². The molecule has 21 heavy (non-hydrogen) atoms. The second kappa shape index (κ2) is 5.19. The average molecular weight is 301 g/mol. The van der Waals surface area contributed by atoms with Crippen LogP contribution in [0.2, 0.25) is 19.6 Å². The summed E-state index contributed by atoms with van der Waals surface area (Å²) in [6, 6.07) is 3.79. The van der Waals surface area contributed by atoms with Gasteiger partial charge < -0.3 is 4.90 Å². The maximum Gasteiger partial charge on any atom is 0.326 e. The monoisotopic (exact) mass is 301 g/mol. The Labute approximate surface area is 128 Å². The lowest BCUT2D eigenvalue weighted by atomic mass is 10.1. The Kier molecular flexibility index (Phi) is 3.85. The molecule has 0 N–H and O–H groups in total. The smallest absolute Gasteiger partial charge is 0.320 e. The van der Waals surface area contributed by atoms with Gasteiger partial charge in [-0.2, -0.15) is 0 Å². The van der Waals surface area contributed by atoms with Crippen LogP contribution in [-0.2, 0) is 0 Å². The van der Waals surface area contributed by atoms with E-state index >= 15 is 0 Å². The Morgan fingerprint density at radius 3 is 2.52 bits per heavy atom. The second-order valence-electron chi connectivity index (χ2n) is 7.11. The SMILES string of the molecule is CN1C(=O)N(c2ncccc2C#C[Si](C)(C)C)CC1(C)C. The molecule has 2 heterocycles. The molecule has 4 nitrogen and oxygen atoms in total. The molecular formula is C16H23N3OSi. The molecule has 1 fully saturated rings. The number of aromatic nitrogens is 1. The van der Waals surface area contributed by atoms with Gasteiger partial charge in [0, 0.05) is 13.2 Å². The molecule has 1 aliphatic rings. The van der Waals surface area contributed by atoms with Crippen LogP contribution in [0.25, 0.3) is 0 Å². The summed E-state index contributed by atoms with van der Waals surface area (Å²) in [4.78, 5) is 20.3. The van der Waals surface area contributed by atoms with Gasteiger partial charge in [-0.15, -0.1) is 5.54 Å². The Bertz CT molecular complexity index is 622. The number of anilines is 1. The highest BCUT2D eigenvalue weighted by atomic mass is 28.3. The van der Waals surface area contributed by atoms with Gasteiger partial charge in [-0.25, -0.2) is 9.78 Å². The zero-order valence-corrected chi connectivity index (χ0v) is 14.7. The summed E-state index contributed by atoms with van der Waals surface area (Å²) in [7, 11) is 0.368. The third-order valence-electron chi connectivity index (χ3n) is 3.59. The third-order valence-corrected chi connectivity index (χ3v) is 4.46. The van der Waals surface area contributed by atoms with Gasteiger partial charge >= 0.3 is 6.03 Å². The van der Waals surface area contributed by atoms with Gasteiger partial charge in [0.2, 0.25) is 0 Å². The normalized spacial score (nSPS) is 17.7. The topological polar surface area (TPSA) is 36.4 Å². The van der Waals surface area contributed by atoms with Crippen LogP contribution < -0.4 is 4.90 Å². The summed E-state index contributed by atoms with van der Waals surface area (Å²) in [6.07, 6.45) is 1.72. The third kappa shape index (κ3) is 3.27. The molecule has 0 atom stereocenters. The molecule has 5 heteroatoms. The molecule has 0 bridgehead atoms. The number of likely N-dealkylation sites (N-methyl/N-ethyl adjacent to an activating group) is 1. The fourth-order valence-corrected chi connectivity index (χ4v) is 2.64. The van der Waals surface area contributed by atoms with Crippen LogP contribution >= 0.6 is 0 Å². The summed E-state index contributed by atoms with van der Waals surface area (Å²) < 4.78 is 0. The van der Waals surface area contributed by atoms with Crippen molar-refractivity contribution in [2.75, 3.05) is 18.5 Å². The van der Waals surface area contributed by atoms with E-state index in [2.05, 4.69) is 49.9 Å². The summed E-state index contributed by atoms with van der Waals surface area (Å²) in [5.41, 5.74) is 3.98. The maximum atomic E-state index is 12.4. The van der Waals surface area contributed by atoms with E-state index in [0.29, 0.717) is 12.4 Å². The lowest BCUT2D eigenvalue weighted by Gasteiger charge is -2.24. The van der Waals surface area contributed by atoms with E-state index in [1.807, 2.05) is 19.2 Å². The summed E-state index contributed by atoms with van der Waals surface area (Å²) in [6.45, 7) is 11.3. The van der Waals surface area contributed by atoms with Crippen LogP contribution in [0, 0.1) is 11.5 Å². The molecule has 2 rings (SSSR count). The van der Waals surface area contributed by atoms with Crippen molar-refractivity contribution in [3.05, 3.63) is 23.9 Å².